The molecule has 28 heavy (non-hydrogen) atoms. The zero-order chi connectivity index (χ0) is 20.7. The summed E-state index contributed by atoms with van der Waals surface area (Å²) in [5.41, 5.74) is 4.59. The van der Waals surface area contributed by atoms with Crippen molar-refractivity contribution in [1.29, 1.82) is 0 Å². The molecule has 0 saturated carbocycles. The lowest BCUT2D eigenvalue weighted by Gasteiger charge is -2.31. The third-order valence-corrected chi connectivity index (χ3v) is 5.55. The van der Waals surface area contributed by atoms with E-state index in [9.17, 15) is 22.8 Å². The Morgan fingerprint density at radius 1 is 1.29 bits per heavy atom. The summed E-state index contributed by atoms with van der Waals surface area (Å²) in [7, 11) is 0. The molecule has 0 aliphatic carbocycles. The molecule has 0 radical (unpaired) electrons. The number of unbranched alkanes of at least 4 members (excludes halogenated alkanes) is 4. The third-order valence-electron chi connectivity index (χ3n) is 4.34. The van der Waals surface area contributed by atoms with Crippen molar-refractivity contribution >= 4 is 34.4 Å². The Balaban J connectivity index is 2.24. The van der Waals surface area contributed by atoms with Gasteiger partial charge in [-0.2, -0.15) is 13.2 Å². The van der Waals surface area contributed by atoms with Gasteiger partial charge in [-0.05, 0) is 24.6 Å². The Hall–Kier alpha value is -2.03. The molecule has 1 aliphatic heterocycles. The number of benzene rings is 1. The standard InChI is InChI=1S/C19H24F3N3O2S/c1-2-3-4-5-6-10-25-16(26)12-15(17(23)27)28-18(25)24-14-9-7-8-13(11-14)19(20,21)22/h7-9,11,15H,2-6,10,12H2,1H3,(H2,23,27). The number of nitrogens with zero attached hydrogens (tertiary/aromatic N) is 2. The number of thioether (sulfide) groups is 1. The van der Waals surface area contributed by atoms with Crippen LogP contribution in [0, 0.1) is 0 Å². The highest BCUT2D eigenvalue weighted by molar-refractivity contribution is 8.15. The largest absolute Gasteiger partial charge is 0.416 e. The van der Waals surface area contributed by atoms with Crippen molar-refractivity contribution in [3.63, 3.8) is 0 Å². The van der Waals surface area contributed by atoms with Crippen LogP contribution in [0.5, 0.6) is 0 Å². The van der Waals surface area contributed by atoms with Crippen molar-refractivity contribution in [3.8, 4) is 0 Å². The van der Waals surface area contributed by atoms with Gasteiger partial charge in [0.1, 0.15) is 0 Å². The first-order valence-electron chi connectivity index (χ1n) is 9.24. The second-order valence-corrected chi connectivity index (χ2v) is 7.78. The monoisotopic (exact) mass is 415 g/mol. The van der Waals surface area contributed by atoms with E-state index in [-0.39, 0.29) is 23.2 Å². The highest BCUT2D eigenvalue weighted by Gasteiger charge is 2.35. The number of alkyl halides is 3. The lowest BCUT2D eigenvalue weighted by atomic mass is 10.1. The number of carbonyl (C=O) groups is 2. The second kappa shape index (κ2) is 9.95. The van der Waals surface area contributed by atoms with Crippen LogP contribution in [-0.2, 0) is 15.8 Å². The van der Waals surface area contributed by atoms with Crippen molar-refractivity contribution in [2.75, 3.05) is 6.54 Å². The van der Waals surface area contributed by atoms with Crippen LogP contribution in [0.2, 0.25) is 0 Å². The average molecular weight is 415 g/mol. The molecule has 154 valence electrons. The van der Waals surface area contributed by atoms with Crippen molar-refractivity contribution in [3.05, 3.63) is 29.8 Å². The van der Waals surface area contributed by atoms with Crippen LogP contribution < -0.4 is 5.73 Å². The van der Waals surface area contributed by atoms with Crippen LogP contribution in [0.1, 0.15) is 51.0 Å². The van der Waals surface area contributed by atoms with Gasteiger partial charge in [0.2, 0.25) is 11.8 Å². The SMILES string of the molecule is CCCCCCCN1C(=O)CC(C(N)=O)SC1=Nc1cccc(C(F)(F)F)c1. The molecule has 0 spiro atoms. The molecule has 0 bridgehead atoms. The number of rotatable bonds is 8. The minimum Gasteiger partial charge on any atom is -0.369 e. The number of halogens is 3. The van der Waals surface area contributed by atoms with Gasteiger partial charge in [-0.25, -0.2) is 4.99 Å². The highest BCUT2D eigenvalue weighted by Crippen LogP contribution is 2.33. The maximum absolute atomic E-state index is 12.9. The molecule has 1 aromatic carbocycles. The summed E-state index contributed by atoms with van der Waals surface area (Å²) in [6.07, 6.45) is 0.443. The molecular weight excluding hydrogens is 391 g/mol. The molecule has 0 aromatic heterocycles. The van der Waals surface area contributed by atoms with Crippen molar-refractivity contribution in [2.45, 2.75) is 56.9 Å². The number of amides is 2. The Morgan fingerprint density at radius 3 is 2.64 bits per heavy atom. The smallest absolute Gasteiger partial charge is 0.369 e. The normalized spacial score (nSPS) is 19.3. The Bertz CT molecular complexity index is 737. The van der Waals surface area contributed by atoms with Gasteiger partial charge >= 0.3 is 6.18 Å². The molecule has 9 heteroatoms. The van der Waals surface area contributed by atoms with Crippen molar-refractivity contribution in [1.82, 2.24) is 4.90 Å². The van der Waals surface area contributed by atoms with Gasteiger partial charge in [0.15, 0.2) is 5.17 Å². The van der Waals surface area contributed by atoms with Crippen LogP contribution in [0.4, 0.5) is 18.9 Å². The quantitative estimate of drug-likeness (QED) is 0.636. The van der Waals surface area contributed by atoms with E-state index in [1.807, 2.05) is 0 Å². The molecule has 1 heterocycles. The first-order chi connectivity index (χ1) is 13.2. The minimum atomic E-state index is -4.49. The fraction of sp³-hybridized carbons (Fsp3) is 0.526. The van der Waals surface area contributed by atoms with Crippen LogP contribution in [0.25, 0.3) is 0 Å². The molecule has 5 nitrogen and oxygen atoms in total. The first-order valence-corrected chi connectivity index (χ1v) is 10.1. The molecule has 2 rings (SSSR count). The predicted molar refractivity (Wildman–Crippen MR) is 104 cm³/mol. The van der Waals surface area contributed by atoms with E-state index in [0.717, 1.165) is 56.0 Å². The van der Waals surface area contributed by atoms with Gasteiger partial charge in [-0.15, -0.1) is 0 Å². The summed E-state index contributed by atoms with van der Waals surface area (Å²) in [5.74, 6) is -0.929. The predicted octanol–water partition coefficient (Wildman–Crippen LogP) is 4.48. The van der Waals surface area contributed by atoms with Gasteiger partial charge < -0.3 is 5.73 Å². The van der Waals surface area contributed by atoms with E-state index in [4.69, 9.17) is 5.73 Å². The summed E-state index contributed by atoms with van der Waals surface area (Å²) in [5, 5.41) is -0.553. The summed E-state index contributed by atoms with van der Waals surface area (Å²) in [6, 6.07) is 4.57. The summed E-state index contributed by atoms with van der Waals surface area (Å²) in [4.78, 5) is 29.8. The van der Waals surface area contributed by atoms with Crippen molar-refractivity contribution < 1.29 is 22.8 Å². The maximum Gasteiger partial charge on any atom is 0.416 e. The summed E-state index contributed by atoms with van der Waals surface area (Å²) in [6.45, 7) is 2.52. The number of hydrogen-bond acceptors (Lipinski definition) is 4. The molecule has 1 aliphatic rings. The Morgan fingerprint density at radius 2 is 2.00 bits per heavy atom. The van der Waals surface area contributed by atoms with Gasteiger partial charge in [-0.1, -0.05) is 50.4 Å². The highest BCUT2D eigenvalue weighted by atomic mass is 32.2. The van der Waals surface area contributed by atoms with Crippen molar-refractivity contribution in [2.24, 2.45) is 10.7 Å². The fourth-order valence-corrected chi connectivity index (χ4v) is 3.88. The number of amidine groups is 1. The van der Waals surface area contributed by atoms with E-state index in [2.05, 4.69) is 11.9 Å². The van der Waals surface area contributed by atoms with Crippen LogP contribution in [0.3, 0.4) is 0 Å². The second-order valence-electron chi connectivity index (χ2n) is 6.62. The lowest BCUT2D eigenvalue weighted by Crippen LogP contribution is -2.45. The van der Waals surface area contributed by atoms with Gasteiger partial charge in [0.05, 0.1) is 16.5 Å². The van der Waals surface area contributed by atoms with E-state index in [0.29, 0.717) is 6.54 Å². The molecule has 1 atom stereocenters. The molecule has 1 fully saturated rings. The van der Waals surface area contributed by atoms with E-state index in [1.165, 1.54) is 17.0 Å². The van der Waals surface area contributed by atoms with E-state index in [1.54, 1.807) is 0 Å². The van der Waals surface area contributed by atoms with Crippen LogP contribution >= 0.6 is 11.8 Å². The average Bonchev–Trinajstić information content (AvgIpc) is 2.62. The maximum atomic E-state index is 12.9. The molecular formula is C19H24F3N3O2S. The lowest BCUT2D eigenvalue weighted by molar-refractivity contribution is -0.137. The number of carbonyl (C=O) groups excluding carboxylic acids is 2. The van der Waals surface area contributed by atoms with Crippen LogP contribution in [-0.4, -0.2) is 33.7 Å². The summed E-state index contributed by atoms with van der Waals surface area (Å²) >= 11 is 1.03. The number of hydrogen-bond donors (Lipinski definition) is 1. The third kappa shape index (κ3) is 6.25. The summed E-state index contributed by atoms with van der Waals surface area (Å²) < 4.78 is 38.8. The van der Waals surface area contributed by atoms with Gasteiger partial charge in [0.25, 0.3) is 0 Å². The van der Waals surface area contributed by atoms with Gasteiger partial charge in [0, 0.05) is 13.0 Å². The zero-order valence-electron chi connectivity index (χ0n) is 15.7. The van der Waals surface area contributed by atoms with E-state index >= 15 is 0 Å². The topological polar surface area (TPSA) is 75.8 Å². The van der Waals surface area contributed by atoms with Gasteiger partial charge in [-0.3, -0.25) is 14.5 Å². The van der Waals surface area contributed by atoms with E-state index < -0.39 is 22.9 Å². The molecule has 1 unspecified atom stereocenters. The minimum absolute atomic E-state index is 0.0312. The number of aliphatic imine (C=N–C) groups is 1. The molecule has 2 N–H and O–H groups in total. The Kier molecular flexibility index (Phi) is 7.91. The zero-order valence-corrected chi connectivity index (χ0v) is 16.5. The number of nitrogens with two attached hydrogens (primary N) is 1. The molecule has 2 amide bonds. The fourth-order valence-electron chi connectivity index (χ4n) is 2.81. The van der Waals surface area contributed by atoms with Crippen LogP contribution in [0.15, 0.2) is 29.3 Å². The molecule has 1 aromatic rings. The Labute approximate surface area is 166 Å². The first kappa shape index (κ1) is 22.3. The molecule has 1 saturated heterocycles. The number of primary amides is 1.